The summed E-state index contributed by atoms with van der Waals surface area (Å²) >= 11 is 3.46. The molecule has 1 saturated heterocycles. The highest BCUT2D eigenvalue weighted by Crippen LogP contribution is 2.18. The Hall–Kier alpha value is -0.850. The fourth-order valence-corrected chi connectivity index (χ4v) is 2.96. The van der Waals surface area contributed by atoms with Gasteiger partial charge in [0, 0.05) is 36.8 Å². The molecule has 0 bridgehead atoms. The van der Waals surface area contributed by atoms with E-state index in [1.165, 1.54) is 0 Å². The molecule has 5 nitrogen and oxygen atoms in total. The monoisotopic (exact) mass is 343 g/mol. The van der Waals surface area contributed by atoms with Gasteiger partial charge < -0.3 is 19.5 Å². The lowest BCUT2D eigenvalue weighted by molar-refractivity contribution is -0.0199. The molecule has 1 aliphatic rings. The predicted octanol–water partition coefficient (Wildman–Crippen LogP) is 1.72. The number of amides is 1. The van der Waals surface area contributed by atoms with Crippen molar-refractivity contribution in [1.29, 1.82) is 0 Å². The summed E-state index contributed by atoms with van der Waals surface area (Å²) in [5.41, 5.74) is 0.754. The van der Waals surface area contributed by atoms with Crippen LogP contribution in [0.25, 0.3) is 0 Å². The van der Waals surface area contributed by atoms with Crippen LogP contribution < -0.4 is 5.32 Å². The number of carbonyl (C=O) groups excluding carboxylic acids is 1. The van der Waals surface area contributed by atoms with Gasteiger partial charge in [0.15, 0.2) is 0 Å². The van der Waals surface area contributed by atoms with Gasteiger partial charge in [-0.3, -0.25) is 4.79 Å². The number of morpholine rings is 1. The highest BCUT2D eigenvalue weighted by Gasteiger charge is 2.26. The van der Waals surface area contributed by atoms with Crippen LogP contribution in [0.15, 0.2) is 16.7 Å². The lowest BCUT2D eigenvalue weighted by atomic mass is 10.2. The molecule has 0 aromatic carbocycles. The van der Waals surface area contributed by atoms with Gasteiger partial charge in [-0.2, -0.15) is 0 Å². The third-order valence-corrected chi connectivity index (χ3v) is 3.84. The molecule has 1 aromatic rings. The molecule has 0 saturated carbocycles. The molecule has 6 heteroatoms. The van der Waals surface area contributed by atoms with Gasteiger partial charge in [-0.1, -0.05) is 6.92 Å². The lowest BCUT2D eigenvalue weighted by Crippen LogP contribution is -2.48. The van der Waals surface area contributed by atoms with Crippen LogP contribution in [0.5, 0.6) is 0 Å². The number of aromatic nitrogens is 1. The summed E-state index contributed by atoms with van der Waals surface area (Å²) in [6, 6.07) is 1.90. The number of ether oxygens (including phenoxy) is 1. The van der Waals surface area contributed by atoms with Crippen molar-refractivity contribution in [3.63, 3.8) is 0 Å². The number of hydrogen-bond acceptors (Lipinski definition) is 3. The fraction of sp³-hybridized carbons (Fsp3) is 0.643. The minimum atomic E-state index is 0.0794. The molecule has 2 rings (SSSR count). The molecule has 1 N–H and O–H groups in total. The second kappa shape index (κ2) is 7.24. The van der Waals surface area contributed by atoms with Gasteiger partial charge >= 0.3 is 0 Å². The lowest BCUT2D eigenvalue weighted by Gasteiger charge is -2.33. The summed E-state index contributed by atoms with van der Waals surface area (Å²) in [7, 11) is 1.90. The highest BCUT2D eigenvalue weighted by atomic mass is 79.9. The van der Waals surface area contributed by atoms with E-state index in [4.69, 9.17) is 4.74 Å². The molecule has 1 unspecified atom stereocenters. The van der Waals surface area contributed by atoms with E-state index >= 15 is 0 Å². The minimum Gasteiger partial charge on any atom is -0.373 e. The zero-order valence-electron chi connectivity index (χ0n) is 12.1. The smallest absolute Gasteiger partial charge is 0.270 e. The van der Waals surface area contributed by atoms with Gasteiger partial charge in [-0.05, 0) is 35.5 Å². The van der Waals surface area contributed by atoms with Crippen LogP contribution in [0.2, 0.25) is 0 Å². The van der Waals surface area contributed by atoms with E-state index in [1.807, 2.05) is 28.8 Å². The summed E-state index contributed by atoms with van der Waals surface area (Å²) in [4.78, 5) is 14.6. The third kappa shape index (κ3) is 3.62. The maximum atomic E-state index is 12.7. The summed E-state index contributed by atoms with van der Waals surface area (Å²) in [6.07, 6.45) is 3.06. The van der Waals surface area contributed by atoms with E-state index in [2.05, 4.69) is 28.2 Å². The third-order valence-electron chi connectivity index (χ3n) is 3.40. The Morgan fingerprint density at radius 3 is 3.10 bits per heavy atom. The van der Waals surface area contributed by atoms with Gasteiger partial charge in [0.05, 0.1) is 12.7 Å². The number of carbonyl (C=O) groups is 1. The minimum absolute atomic E-state index is 0.0794. The molecule has 2 heterocycles. The van der Waals surface area contributed by atoms with E-state index in [0.29, 0.717) is 19.7 Å². The Kier molecular flexibility index (Phi) is 5.63. The Balaban J connectivity index is 2.10. The van der Waals surface area contributed by atoms with Gasteiger partial charge in [-0.25, -0.2) is 0 Å². The Bertz CT molecular complexity index is 459. The zero-order chi connectivity index (χ0) is 14.5. The molecule has 1 fully saturated rings. The van der Waals surface area contributed by atoms with Crippen LogP contribution >= 0.6 is 15.9 Å². The van der Waals surface area contributed by atoms with Crippen molar-refractivity contribution in [1.82, 2.24) is 14.8 Å². The van der Waals surface area contributed by atoms with Crippen molar-refractivity contribution in [3.05, 3.63) is 22.4 Å². The van der Waals surface area contributed by atoms with Crippen LogP contribution in [0.4, 0.5) is 0 Å². The fourth-order valence-electron chi connectivity index (χ4n) is 2.50. The number of rotatable bonds is 5. The first-order valence-corrected chi connectivity index (χ1v) is 7.86. The number of hydrogen-bond donors (Lipinski definition) is 1. The number of nitrogens with zero attached hydrogens (tertiary/aromatic N) is 2. The van der Waals surface area contributed by atoms with E-state index in [-0.39, 0.29) is 12.0 Å². The second-order valence-corrected chi connectivity index (χ2v) is 5.95. The SMILES string of the molecule is CCCn1cc(Br)cc1C(=O)N1CCOC(CNC)C1. The van der Waals surface area contributed by atoms with Crippen molar-refractivity contribution in [2.45, 2.75) is 26.0 Å². The summed E-state index contributed by atoms with van der Waals surface area (Å²) in [6.45, 7) is 5.65. The molecule has 0 spiro atoms. The van der Waals surface area contributed by atoms with Gasteiger partial charge in [0.1, 0.15) is 5.69 Å². The first-order chi connectivity index (χ1) is 9.65. The Morgan fingerprint density at radius 1 is 1.60 bits per heavy atom. The van der Waals surface area contributed by atoms with Gasteiger partial charge in [-0.15, -0.1) is 0 Å². The topological polar surface area (TPSA) is 46.5 Å². The van der Waals surface area contributed by atoms with Crippen LogP contribution in [0.1, 0.15) is 23.8 Å². The number of nitrogens with one attached hydrogen (secondary N) is 1. The van der Waals surface area contributed by atoms with E-state index in [9.17, 15) is 4.79 Å². The van der Waals surface area contributed by atoms with Crippen molar-refractivity contribution >= 4 is 21.8 Å². The Morgan fingerprint density at radius 2 is 2.40 bits per heavy atom. The predicted molar refractivity (Wildman–Crippen MR) is 82.0 cm³/mol. The summed E-state index contributed by atoms with van der Waals surface area (Å²) in [5, 5.41) is 3.10. The van der Waals surface area contributed by atoms with E-state index < -0.39 is 0 Å². The van der Waals surface area contributed by atoms with E-state index in [1.54, 1.807) is 0 Å². The van der Waals surface area contributed by atoms with Crippen molar-refractivity contribution in [3.8, 4) is 0 Å². The largest absolute Gasteiger partial charge is 0.373 e. The highest BCUT2D eigenvalue weighted by molar-refractivity contribution is 9.10. The molecule has 1 aliphatic heterocycles. The Labute approximate surface area is 128 Å². The maximum absolute atomic E-state index is 12.7. The van der Waals surface area contributed by atoms with Crippen LogP contribution in [0, 0.1) is 0 Å². The van der Waals surface area contributed by atoms with Crippen molar-refractivity contribution in [2.75, 3.05) is 33.3 Å². The summed E-state index contributed by atoms with van der Waals surface area (Å²) in [5.74, 6) is 0.0913. The average molecular weight is 344 g/mol. The quantitative estimate of drug-likeness (QED) is 0.885. The molecular weight excluding hydrogens is 322 g/mol. The van der Waals surface area contributed by atoms with Crippen LogP contribution in [-0.2, 0) is 11.3 Å². The first kappa shape index (κ1) is 15.5. The van der Waals surface area contributed by atoms with Crippen LogP contribution in [0.3, 0.4) is 0 Å². The summed E-state index contributed by atoms with van der Waals surface area (Å²) < 4.78 is 8.62. The van der Waals surface area contributed by atoms with E-state index in [0.717, 1.165) is 29.7 Å². The molecule has 1 amide bonds. The molecule has 0 aliphatic carbocycles. The van der Waals surface area contributed by atoms with Gasteiger partial charge in [0.2, 0.25) is 0 Å². The molecule has 20 heavy (non-hydrogen) atoms. The van der Waals surface area contributed by atoms with Gasteiger partial charge in [0.25, 0.3) is 5.91 Å². The molecule has 1 atom stereocenters. The molecule has 112 valence electrons. The number of aryl methyl sites for hydroxylation is 1. The molecule has 1 aromatic heterocycles. The maximum Gasteiger partial charge on any atom is 0.270 e. The molecule has 0 radical (unpaired) electrons. The van der Waals surface area contributed by atoms with Crippen LogP contribution in [-0.4, -0.2) is 54.8 Å². The standard InChI is InChI=1S/C14H22BrN3O2/c1-3-4-17-9-11(15)7-13(17)14(19)18-5-6-20-12(10-18)8-16-2/h7,9,12,16H,3-6,8,10H2,1-2H3. The normalized spacial score (nSPS) is 19.4. The van der Waals surface area contributed by atoms with Crippen molar-refractivity contribution in [2.24, 2.45) is 0 Å². The second-order valence-electron chi connectivity index (χ2n) is 5.04. The average Bonchev–Trinajstić information content (AvgIpc) is 2.80. The zero-order valence-corrected chi connectivity index (χ0v) is 13.6. The number of likely N-dealkylation sites (N-methyl/N-ethyl adjacent to an activating group) is 1. The molecular formula is C14H22BrN3O2. The number of halogens is 1. The van der Waals surface area contributed by atoms with Crippen molar-refractivity contribution < 1.29 is 9.53 Å². The first-order valence-electron chi connectivity index (χ1n) is 7.06.